The zero-order valence-corrected chi connectivity index (χ0v) is 13.2. The van der Waals surface area contributed by atoms with Crippen molar-refractivity contribution in [3.8, 4) is 0 Å². The SMILES string of the molecule is CSc1nc(NN)cc(NCC2CCN(C(C)C)C2)n1. The Morgan fingerprint density at radius 1 is 1.45 bits per heavy atom. The molecular formula is C13H24N6S. The zero-order valence-electron chi connectivity index (χ0n) is 12.4. The topological polar surface area (TPSA) is 79.1 Å². The van der Waals surface area contributed by atoms with Crippen LogP contribution in [0.3, 0.4) is 0 Å². The van der Waals surface area contributed by atoms with Gasteiger partial charge in [-0.05, 0) is 39.0 Å². The highest BCUT2D eigenvalue weighted by Gasteiger charge is 2.23. The maximum Gasteiger partial charge on any atom is 0.191 e. The van der Waals surface area contributed by atoms with Crippen LogP contribution in [0.4, 0.5) is 11.6 Å². The van der Waals surface area contributed by atoms with Crippen LogP contribution in [-0.4, -0.2) is 46.8 Å². The number of likely N-dealkylation sites (tertiary alicyclic amines) is 1. The Morgan fingerprint density at radius 2 is 2.20 bits per heavy atom. The summed E-state index contributed by atoms with van der Waals surface area (Å²) in [6.07, 6.45) is 3.20. The van der Waals surface area contributed by atoms with E-state index in [1.54, 1.807) is 0 Å². The molecule has 1 aliphatic heterocycles. The van der Waals surface area contributed by atoms with E-state index < -0.39 is 0 Å². The first-order valence-electron chi connectivity index (χ1n) is 7.00. The van der Waals surface area contributed by atoms with E-state index in [0.717, 1.165) is 24.1 Å². The molecule has 20 heavy (non-hydrogen) atoms. The number of thioether (sulfide) groups is 1. The van der Waals surface area contributed by atoms with Gasteiger partial charge in [-0.25, -0.2) is 15.8 Å². The van der Waals surface area contributed by atoms with Gasteiger partial charge < -0.3 is 15.6 Å². The van der Waals surface area contributed by atoms with Gasteiger partial charge in [0.25, 0.3) is 0 Å². The fourth-order valence-corrected chi connectivity index (χ4v) is 2.81. The van der Waals surface area contributed by atoms with Gasteiger partial charge in [0.05, 0.1) is 0 Å². The van der Waals surface area contributed by atoms with Gasteiger partial charge in [-0.2, -0.15) is 0 Å². The van der Waals surface area contributed by atoms with Crippen LogP contribution < -0.4 is 16.6 Å². The van der Waals surface area contributed by atoms with Gasteiger partial charge in [-0.3, -0.25) is 0 Å². The molecule has 2 rings (SSSR count). The highest BCUT2D eigenvalue weighted by Crippen LogP contribution is 2.20. The summed E-state index contributed by atoms with van der Waals surface area (Å²) in [5, 5.41) is 4.13. The molecule has 1 aromatic heterocycles. The molecule has 6 nitrogen and oxygen atoms in total. The number of hydrazine groups is 1. The van der Waals surface area contributed by atoms with Gasteiger partial charge >= 0.3 is 0 Å². The number of anilines is 2. The summed E-state index contributed by atoms with van der Waals surface area (Å²) >= 11 is 1.51. The zero-order chi connectivity index (χ0) is 14.5. The van der Waals surface area contributed by atoms with E-state index in [-0.39, 0.29) is 0 Å². The highest BCUT2D eigenvalue weighted by molar-refractivity contribution is 7.98. The number of nitrogens with one attached hydrogen (secondary N) is 2. The predicted octanol–water partition coefficient (Wildman–Crippen LogP) is 1.63. The normalized spacial score (nSPS) is 19.6. The van der Waals surface area contributed by atoms with Crippen molar-refractivity contribution in [2.75, 3.05) is 36.6 Å². The molecule has 112 valence electrons. The summed E-state index contributed by atoms with van der Waals surface area (Å²) in [4.78, 5) is 11.2. The molecule has 1 atom stereocenters. The van der Waals surface area contributed by atoms with Crippen molar-refractivity contribution in [3.05, 3.63) is 6.07 Å². The molecule has 1 fully saturated rings. The quantitative estimate of drug-likeness (QED) is 0.319. The molecule has 0 amide bonds. The number of hydrogen-bond acceptors (Lipinski definition) is 7. The summed E-state index contributed by atoms with van der Waals surface area (Å²) in [6, 6.07) is 2.48. The maximum absolute atomic E-state index is 5.43. The molecule has 1 aliphatic rings. The van der Waals surface area contributed by atoms with E-state index >= 15 is 0 Å². The molecule has 7 heteroatoms. The number of nitrogen functional groups attached to an aromatic ring is 1. The predicted molar refractivity (Wildman–Crippen MR) is 84.9 cm³/mol. The Morgan fingerprint density at radius 3 is 2.80 bits per heavy atom. The van der Waals surface area contributed by atoms with E-state index in [4.69, 9.17) is 5.84 Å². The minimum atomic E-state index is 0.634. The van der Waals surface area contributed by atoms with Crippen molar-refractivity contribution in [1.82, 2.24) is 14.9 Å². The summed E-state index contributed by atoms with van der Waals surface area (Å²) in [7, 11) is 0. The van der Waals surface area contributed by atoms with Crippen molar-refractivity contribution in [2.45, 2.75) is 31.5 Å². The first-order chi connectivity index (χ1) is 9.62. The van der Waals surface area contributed by atoms with Gasteiger partial charge in [0.1, 0.15) is 11.6 Å². The number of nitrogens with two attached hydrogens (primary N) is 1. The monoisotopic (exact) mass is 296 g/mol. The van der Waals surface area contributed by atoms with Gasteiger partial charge in [0, 0.05) is 25.2 Å². The molecule has 0 saturated carbocycles. The van der Waals surface area contributed by atoms with Gasteiger partial charge in [0.2, 0.25) is 0 Å². The number of nitrogens with zero attached hydrogens (tertiary/aromatic N) is 3. The van der Waals surface area contributed by atoms with Crippen LogP contribution in [0.25, 0.3) is 0 Å². The van der Waals surface area contributed by atoms with Crippen molar-refractivity contribution in [2.24, 2.45) is 11.8 Å². The average molecular weight is 296 g/mol. The lowest BCUT2D eigenvalue weighted by atomic mass is 10.1. The van der Waals surface area contributed by atoms with E-state index in [1.807, 2.05) is 12.3 Å². The third kappa shape index (κ3) is 3.97. The van der Waals surface area contributed by atoms with Gasteiger partial charge in [-0.15, -0.1) is 0 Å². The van der Waals surface area contributed by atoms with E-state index in [9.17, 15) is 0 Å². The second-order valence-corrected chi connectivity index (χ2v) is 6.17. The second kappa shape index (κ2) is 7.10. The fraction of sp³-hybridized carbons (Fsp3) is 0.692. The van der Waals surface area contributed by atoms with E-state index in [1.165, 1.54) is 24.7 Å². The summed E-state index contributed by atoms with van der Waals surface area (Å²) in [6.45, 7) is 7.80. The molecule has 1 saturated heterocycles. The Bertz CT molecular complexity index is 417. The molecule has 2 heterocycles. The molecule has 1 unspecified atom stereocenters. The molecule has 0 radical (unpaired) electrons. The first kappa shape index (κ1) is 15.3. The van der Waals surface area contributed by atoms with Gasteiger partial charge in [-0.1, -0.05) is 11.8 Å². The maximum atomic E-state index is 5.43. The molecular weight excluding hydrogens is 272 g/mol. The van der Waals surface area contributed by atoms with Crippen molar-refractivity contribution in [3.63, 3.8) is 0 Å². The standard InChI is InChI=1S/C13H24N6S/c1-9(2)19-5-4-10(8-19)7-15-11-6-12(18-14)17-13(16-11)20-3/h6,9-10H,4-5,7-8,14H2,1-3H3,(H2,15,16,17,18). The van der Waals surface area contributed by atoms with Crippen molar-refractivity contribution < 1.29 is 0 Å². The third-order valence-corrected chi connectivity index (χ3v) is 4.20. The van der Waals surface area contributed by atoms with Crippen LogP contribution in [0.5, 0.6) is 0 Å². The molecule has 1 aromatic rings. The van der Waals surface area contributed by atoms with Crippen LogP contribution in [0, 0.1) is 5.92 Å². The Hall–Kier alpha value is -1.05. The molecule has 0 spiro atoms. The molecule has 0 aliphatic carbocycles. The van der Waals surface area contributed by atoms with Crippen LogP contribution in [0.1, 0.15) is 20.3 Å². The van der Waals surface area contributed by atoms with E-state index in [0.29, 0.717) is 17.8 Å². The lowest BCUT2D eigenvalue weighted by Gasteiger charge is -2.20. The summed E-state index contributed by atoms with van der Waals surface area (Å²) < 4.78 is 0. The Kier molecular flexibility index (Phi) is 5.45. The van der Waals surface area contributed by atoms with Crippen molar-refractivity contribution >= 4 is 23.4 Å². The number of rotatable bonds is 6. The minimum Gasteiger partial charge on any atom is -0.370 e. The lowest BCUT2D eigenvalue weighted by molar-refractivity contribution is 0.266. The lowest BCUT2D eigenvalue weighted by Crippen LogP contribution is -2.29. The molecule has 0 bridgehead atoms. The van der Waals surface area contributed by atoms with Crippen molar-refractivity contribution in [1.29, 1.82) is 0 Å². The average Bonchev–Trinajstić information content (AvgIpc) is 2.93. The van der Waals surface area contributed by atoms with Crippen LogP contribution in [-0.2, 0) is 0 Å². The molecule has 0 aromatic carbocycles. The highest BCUT2D eigenvalue weighted by atomic mass is 32.2. The van der Waals surface area contributed by atoms with Crippen LogP contribution in [0.15, 0.2) is 11.2 Å². The third-order valence-electron chi connectivity index (χ3n) is 3.66. The minimum absolute atomic E-state index is 0.634. The second-order valence-electron chi connectivity index (χ2n) is 5.39. The summed E-state index contributed by atoms with van der Waals surface area (Å²) in [5.74, 6) is 7.58. The first-order valence-corrected chi connectivity index (χ1v) is 8.22. The number of aromatic nitrogens is 2. The fourth-order valence-electron chi connectivity index (χ4n) is 2.43. The van der Waals surface area contributed by atoms with E-state index in [2.05, 4.69) is 39.5 Å². The Balaban J connectivity index is 1.91. The van der Waals surface area contributed by atoms with Gasteiger partial charge in [0.15, 0.2) is 5.16 Å². The smallest absolute Gasteiger partial charge is 0.191 e. The molecule has 4 N–H and O–H groups in total. The van der Waals surface area contributed by atoms with Crippen LogP contribution in [0.2, 0.25) is 0 Å². The Labute approximate surface area is 124 Å². The number of hydrogen-bond donors (Lipinski definition) is 3. The van der Waals surface area contributed by atoms with Crippen LogP contribution >= 0.6 is 11.8 Å². The summed E-state index contributed by atoms with van der Waals surface area (Å²) in [5.41, 5.74) is 2.58. The largest absolute Gasteiger partial charge is 0.370 e.